The van der Waals surface area contributed by atoms with Crippen molar-refractivity contribution in [2.24, 2.45) is 0 Å². The molecule has 0 saturated carbocycles. The number of anilines is 1. The van der Waals surface area contributed by atoms with E-state index >= 15 is 0 Å². The van der Waals surface area contributed by atoms with Gasteiger partial charge in [0.15, 0.2) is 0 Å². The fraction of sp³-hybridized carbons (Fsp3) is 0.467. The monoisotopic (exact) mass is 306 g/mol. The van der Waals surface area contributed by atoms with Crippen molar-refractivity contribution in [2.45, 2.75) is 18.9 Å². The quantitative estimate of drug-likeness (QED) is 0.871. The topological polar surface area (TPSA) is 68.2 Å². The molecule has 1 aliphatic heterocycles. The summed E-state index contributed by atoms with van der Waals surface area (Å²) in [5, 5.41) is 15.2. The predicted molar refractivity (Wildman–Crippen MR) is 83.3 cm³/mol. The molecule has 1 aromatic carbocycles. The fourth-order valence-corrected chi connectivity index (χ4v) is 2.86. The maximum atomic E-state index is 12.1. The second-order valence-electron chi connectivity index (χ2n) is 5.18. The van der Waals surface area contributed by atoms with Crippen LogP contribution in [0.1, 0.15) is 18.4 Å². The first kappa shape index (κ1) is 15.8. The van der Waals surface area contributed by atoms with Crippen LogP contribution in [0.4, 0.5) is 5.69 Å². The molecule has 1 aliphatic rings. The Morgan fingerprint density at radius 3 is 3.05 bits per heavy atom. The van der Waals surface area contributed by atoms with Crippen LogP contribution in [0.15, 0.2) is 18.2 Å². The van der Waals surface area contributed by atoms with E-state index in [1.807, 2.05) is 13.1 Å². The molecule has 5 nitrogen and oxygen atoms in total. The van der Waals surface area contributed by atoms with Gasteiger partial charge in [0.05, 0.1) is 17.1 Å². The number of nitriles is 1. The number of hydrogen-bond donors (Lipinski definition) is 2. The van der Waals surface area contributed by atoms with Gasteiger partial charge in [-0.3, -0.25) is 9.69 Å². The van der Waals surface area contributed by atoms with Gasteiger partial charge in [-0.25, -0.2) is 0 Å². The number of nitrogens with zero attached hydrogens (tertiary/aromatic N) is 2. The van der Waals surface area contributed by atoms with E-state index in [0.29, 0.717) is 28.9 Å². The minimum Gasteiger partial charge on any atom is -0.325 e. The molecule has 2 N–H and O–H groups in total. The van der Waals surface area contributed by atoms with E-state index < -0.39 is 0 Å². The summed E-state index contributed by atoms with van der Waals surface area (Å²) in [4.78, 5) is 14.3. The molecule has 2 rings (SSSR count). The lowest BCUT2D eigenvalue weighted by atomic mass is 10.2. The van der Waals surface area contributed by atoms with E-state index in [2.05, 4.69) is 15.5 Å². The Kier molecular flexibility index (Phi) is 5.57. The molecule has 112 valence electrons. The van der Waals surface area contributed by atoms with E-state index in [1.54, 1.807) is 18.2 Å². The maximum absolute atomic E-state index is 12.1. The fourth-order valence-electron chi connectivity index (χ4n) is 2.64. The second kappa shape index (κ2) is 7.41. The van der Waals surface area contributed by atoms with Crippen molar-refractivity contribution in [3.8, 4) is 6.07 Å². The van der Waals surface area contributed by atoms with E-state index in [9.17, 15) is 4.79 Å². The summed E-state index contributed by atoms with van der Waals surface area (Å²) in [6, 6.07) is 7.32. The highest BCUT2D eigenvalue weighted by Crippen LogP contribution is 2.21. The molecular weight excluding hydrogens is 288 g/mol. The molecule has 0 radical (unpaired) electrons. The highest BCUT2D eigenvalue weighted by molar-refractivity contribution is 6.32. The SMILES string of the molecule is CNCC1CCCN1CC(=O)Nc1ccc(C#N)c(Cl)c1. The highest BCUT2D eigenvalue weighted by atomic mass is 35.5. The molecule has 1 heterocycles. The zero-order chi connectivity index (χ0) is 15.2. The van der Waals surface area contributed by atoms with Crippen molar-refractivity contribution in [3.63, 3.8) is 0 Å². The van der Waals surface area contributed by atoms with Gasteiger partial charge in [0, 0.05) is 18.3 Å². The largest absolute Gasteiger partial charge is 0.325 e. The van der Waals surface area contributed by atoms with Crippen molar-refractivity contribution in [2.75, 3.05) is 32.0 Å². The summed E-state index contributed by atoms with van der Waals surface area (Å²) in [6.07, 6.45) is 2.25. The number of hydrogen-bond acceptors (Lipinski definition) is 4. The number of carbonyl (C=O) groups is 1. The molecule has 0 bridgehead atoms. The highest BCUT2D eigenvalue weighted by Gasteiger charge is 2.25. The first-order valence-electron chi connectivity index (χ1n) is 7.02. The van der Waals surface area contributed by atoms with Gasteiger partial charge in [0.2, 0.25) is 5.91 Å². The van der Waals surface area contributed by atoms with Crippen LogP contribution in [0.3, 0.4) is 0 Å². The van der Waals surface area contributed by atoms with Crippen LogP contribution in [0.2, 0.25) is 5.02 Å². The summed E-state index contributed by atoms with van der Waals surface area (Å²) in [5.74, 6) is -0.0567. The summed E-state index contributed by atoms with van der Waals surface area (Å²) in [7, 11) is 1.93. The van der Waals surface area contributed by atoms with Crippen LogP contribution < -0.4 is 10.6 Å². The van der Waals surface area contributed by atoms with Crippen LogP contribution in [0.25, 0.3) is 0 Å². The van der Waals surface area contributed by atoms with Gasteiger partial charge in [0.25, 0.3) is 0 Å². The van der Waals surface area contributed by atoms with Gasteiger partial charge < -0.3 is 10.6 Å². The zero-order valence-corrected chi connectivity index (χ0v) is 12.8. The van der Waals surface area contributed by atoms with Gasteiger partial charge >= 0.3 is 0 Å². The van der Waals surface area contributed by atoms with Crippen molar-refractivity contribution in [1.82, 2.24) is 10.2 Å². The summed E-state index contributed by atoms with van der Waals surface area (Å²) < 4.78 is 0. The van der Waals surface area contributed by atoms with Crippen LogP contribution >= 0.6 is 11.6 Å². The number of likely N-dealkylation sites (tertiary alicyclic amines) is 1. The third-order valence-electron chi connectivity index (χ3n) is 3.66. The third kappa shape index (κ3) is 4.18. The predicted octanol–water partition coefficient (Wildman–Crippen LogP) is 1.83. The lowest BCUT2D eigenvalue weighted by Crippen LogP contribution is -2.41. The smallest absolute Gasteiger partial charge is 0.238 e. The molecule has 0 spiro atoms. The molecule has 6 heteroatoms. The number of halogens is 1. The molecule has 1 atom stereocenters. The average molecular weight is 307 g/mol. The number of nitrogens with one attached hydrogen (secondary N) is 2. The Labute approximate surface area is 129 Å². The number of benzene rings is 1. The number of rotatable bonds is 5. The Morgan fingerprint density at radius 1 is 1.57 bits per heavy atom. The molecular formula is C15H19ClN4O. The first-order chi connectivity index (χ1) is 10.1. The molecule has 1 fully saturated rings. The molecule has 0 aliphatic carbocycles. The van der Waals surface area contributed by atoms with E-state index in [-0.39, 0.29) is 5.91 Å². The van der Waals surface area contributed by atoms with Crippen LogP contribution in [-0.2, 0) is 4.79 Å². The Morgan fingerprint density at radius 2 is 2.38 bits per heavy atom. The third-order valence-corrected chi connectivity index (χ3v) is 3.97. The normalized spacial score (nSPS) is 18.4. The Hall–Kier alpha value is -1.61. The number of amides is 1. The van der Waals surface area contributed by atoms with Gasteiger partial charge in [-0.05, 0) is 44.6 Å². The molecule has 1 saturated heterocycles. The van der Waals surface area contributed by atoms with Crippen molar-refractivity contribution < 1.29 is 4.79 Å². The van der Waals surface area contributed by atoms with Crippen molar-refractivity contribution >= 4 is 23.2 Å². The van der Waals surface area contributed by atoms with E-state index in [1.165, 1.54) is 0 Å². The maximum Gasteiger partial charge on any atom is 0.238 e. The van der Waals surface area contributed by atoms with Crippen LogP contribution in [-0.4, -0.2) is 43.5 Å². The Bertz CT molecular complexity index is 555. The zero-order valence-electron chi connectivity index (χ0n) is 12.0. The molecule has 1 unspecified atom stereocenters. The summed E-state index contributed by atoms with van der Waals surface area (Å²) in [6.45, 7) is 2.23. The number of carbonyl (C=O) groups excluding carboxylic acids is 1. The average Bonchev–Trinajstić information content (AvgIpc) is 2.86. The van der Waals surface area contributed by atoms with Crippen molar-refractivity contribution in [1.29, 1.82) is 5.26 Å². The lowest BCUT2D eigenvalue weighted by molar-refractivity contribution is -0.117. The van der Waals surface area contributed by atoms with Crippen molar-refractivity contribution in [3.05, 3.63) is 28.8 Å². The molecule has 21 heavy (non-hydrogen) atoms. The van der Waals surface area contributed by atoms with E-state index in [0.717, 1.165) is 25.9 Å². The Balaban J connectivity index is 1.93. The first-order valence-corrected chi connectivity index (χ1v) is 7.40. The van der Waals surface area contributed by atoms with Gasteiger partial charge in [0.1, 0.15) is 6.07 Å². The van der Waals surface area contributed by atoms with Crippen LogP contribution in [0, 0.1) is 11.3 Å². The minimum atomic E-state index is -0.0567. The molecule has 0 aromatic heterocycles. The van der Waals surface area contributed by atoms with E-state index in [4.69, 9.17) is 16.9 Å². The molecule has 1 aromatic rings. The van der Waals surface area contributed by atoms with Gasteiger partial charge in [-0.1, -0.05) is 11.6 Å². The number of likely N-dealkylation sites (N-methyl/N-ethyl adjacent to an activating group) is 1. The minimum absolute atomic E-state index is 0.0567. The second-order valence-corrected chi connectivity index (χ2v) is 5.59. The summed E-state index contributed by atoms with van der Waals surface area (Å²) in [5.41, 5.74) is 1.02. The van der Waals surface area contributed by atoms with Crippen LogP contribution in [0.5, 0.6) is 0 Å². The lowest BCUT2D eigenvalue weighted by Gasteiger charge is -2.23. The van der Waals surface area contributed by atoms with Gasteiger partial charge in [-0.15, -0.1) is 0 Å². The molecule has 1 amide bonds. The summed E-state index contributed by atoms with van der Waals surface area (Å²) >= 11 is 5.96. The standard InChI is InChI=1S/C15H19ClN4O/c1-18-9-13-3-2-6-20(13)10-15(21)19-12-5-4-11(8-17)14(16)7-12/h4-5,7,13,18H,2-3,6,9-10H2,1H3,(H,19,21). The van der Waals surface area contributed by atoms with Gasteiger partial charge in [-0.2, -0.15) is 5.26 Å².